The molecule has 0 aromatic heterocycles. The zero-order chi connectivity index (χ0) is 14.5. The molecule has 2 amide bonds. The van der Waals surface area contributed by atoms with Crippen molar-refractivity contribution in [3.63, 3.8) is 0 Å². The van der Waals surface area contributed by atoms with Gasteiger partial charge >= 0.3 is 0 Å². The molecular formula is C15H27N3O2. The van der Waals surface area contributed by atoms with E-state index < -0.39 is 0 Å². The molecule has 2 aliphatic heterocycles. The van der Waals surface area contributed by atoms with Gasteiger partial charge in [-0.15, -0.1) is 0 Å². The molecule has 2 fully saturated rings. The Hall–Kier alpha value is -1.10. The van der Waals surface area contributed by atoms with E-state index in [1.807, 2.05) is 9.80 Å². The maximum Gasteiger partial charge on any atom is 0.223 e. The third-order valence-corrected chi connectivity index (χ3v) is 4.60. The predicted molar refractivity (Wildman–Crippen MR) is 78.3 cm³/mol. The van der Waals surface area contributed by atoms with E-state index in [0.717, 1.165) is 64.6 Å². The van der Waals surface area contributed by atoms with Crippen molar-refractivity contribution in [3.8, 4) is 0 Å². The van der Waals surface area contributed by atoms with Crippen molar-refractivity contribution in [1.29, 1.82) is 0 Å². The Kier molecular flexibility index (Phi) is 5.40. The van der Waals surface area contributed by atoms with E-state index in [4.69, 9.17) is 0 Å². The second kappa shape index (κ2) is 7.07. The Morgan fingerprint density at radius 2 is 1.55 bits per heavy atom. The van der Waals surface area contributed by atoms with E-state index in [0.29, 0.717) is 12.3 Å². The summed E-state index contributed by atoms with van der Waals surface area (Å²) in [6.07, 6.45) is 2.90. The minimum atomic E-state index is 0.156. The van der Waals surface area contributed by atoms with Crippen molar-refractivity contribution in [2.75, 3.05) is 45.8 Å². The summed E-state index contributed by atoms with van der Waals surface area (Å²) < 4.78 is 0. The minimum Gasteiger partial charge on any atom is -0.343 e. The lowest BCUT2D eigenvalue weighted by molar-refractivity contribution is -0.134. The van der Waals surface area contributed by atoms with Crippen LogP contribution in [-0.4, -0.2) is 72.3 Å². The monoisotopic (exact) mass is 281 g/mol. The van der Waals surface area contributed by atoms with Gasteiger partial charge in [0.1, 0.15) is 0 Å². The number of piperazine rings is 1. The highest BCUT2D eigenvalue weighted by atomic mass is 16.2. The van der Waals surface area contributed by atoms with E-state index >= 15 is 0 Å². The van der Waals surface area contributed by atoms with Crippen LogP contribution < -0.4 is 0 Å². The molecule has 114 valence electrons. The second-order valence-electron chi connectivity index (χ2n) is 6.16. The Labute approximate surface area is 121 Å². The smallest absolute Gasteiger partial charge is 0.223 e. The molecule has 0 spiro atoms. The van der Waals surface area contributed by atoms with Crippen molar-refractivity contribution in [2.24, 2.45) is 5.92 Å². The van der Waals surface area contributed by atoms with Crippen molar-refractivity contribution in [3.05, 3.63) is 0 Å². The zero-order valence-electron chi connectivity index (χ0n) is 12.8. The highest BCUT2D eigenvalue weighted by Crippen LogP contribution is 2.16. The van der Waals surface area contributed by atoms with Crippen LogP contribution in [0.3, 0.4) is 0 Å². The van der Waals surface area contributed by atoms with Gasteiger partial charge in [0.2, 0.25) is 11.8 Å². The van der Waals surface area contributed by atoms with E-state index in [-0.39, 0.29) is 5.91 Å². The molecule has 0 aliphatic carbocycles. The molecule has 0 bridgehead atoms. The van der Waals surface area contributed by atoms with E-state index in [9.17, 15) is 9.59 Å². The highest BCUT2D eigenvalue weighted by molar-refractivity contribution is 5.76. The lowest BCUT2D eigenvalue weighted by atomic mass is 9.99. The molecule has 0 atom stereocenters. The molecule has 0 aromatic carbocycles. The fourth-order valence-corrected chi connectivity index (χ4v) is 2.96. The van der Waals surface area contributed by atoms with Crippen LogP contribution in [0, 0.1) is 5.92 Å². The minimum absolute atomic E-state index is 0.156. The van der Waals surface area contributed by atoms with Gasteiger partial charge in [-0.25, -0.2) is 0 Å². The van der Waals surface area contributed by atoms with Gasteiger partial charge in [-0.3, -0.25) is 14.5 Å². The first-order valence-electron chi connectivity index (χ1n) is 7.82. The summed E-state index contributed by atoms with van der Waals surface area (Å²) >= 11 is 0. The van der Waals surface area contributed by atoms with Crippen molar-refractivity contribution in [2.45, 2.75) is 33.1 Å². The Balaban J connectivity index is 1.65. The Morgan fingerprint density at radius 1 is 0.950 bits per heavy atom. The van der Waals surface area contributed by atoms with E-state index in [1.54, 1.807) is 6.92 Å². The van der Waals surface area contributed by atoms with Gasteiger partial charge in [0.25, 0.3) is 0 Å². The van der Waals surface area contributed by atoms with Gasteiger partial charge in [-0.1, -0.05) is 6.92 Å². The molecule has 5 heteroatoms. The third kappa shape index (κ3) is 4.20. The number of rotatable bonds is 3. The van der Waals surface area contributed by atoms with Crippen LogP contribution in [-0.2, 0) is 9.59 Å². The summed E-state index contributed by atoms with van der Waals surface area (Å²) in [6, 6.07) is 0. The van der Waals surface area contributed by atoms with Crippen LogP contribution in [0.4, 0.5) is 0 Å². The number of piperidine rings is 1. The van der Waals surface area contributed by atoms with Gasteiger partial charge in [0.05, 0.1) is 0 Å². The summed E-state index contributed by atoms with van der Waals surface area (Å²) in [5.74, 6) is 1.22. The molecule has 0 N–H and O–H groups in total. The van der Waals surface area contributed by atoms with Gasteiger partial charge in [0, 0.05) is 59.2 Å². The first kappa shape index (κ1) is 15.3. The lowest BCUT2D eigenvalue weighted by Gasteiger charge is -2.35. The second-order valence-corrected chi connectivity index (χ2v) is 6.16. The van der Waals surface area contributed by atoms with Gasteiger partial charge in [0.15, 0.2) is 0 Å². The molecule has 2 rings (SSSR count). The zero-order valence-corrected chi connectivity index (χ0v) is 12.8. The lowest BCUT2D eigenvalue weighted by Crippen LogP contribution is -2.49. The number of amides is 2. The predicted octanol–water partition coefficient (Wildman–Crippen LogP) is 0.799. The van der Waals surface area contributed by atoms with Crippen molar-refractivity contribution in [1.82, 2.24) is 14.7 Å². The van der Waals surface area contributed by atoms with Crippen molar-refractivity contribution < 1.29 is 9.59 Å². The molecular weight excluding hydrogens is 254 g/mol. The largest absolute Gasteiger partial charge is 0.343 e. The average Bonchev–Trinajstić information content (AvgIpc) is 2.46. The van der Waals surface area contributed by atoms with Crippen molar-refractivity contribution >= 4 is 11.8 Å². The van der Waals surface area contributed by atoms with Crippen LogP contribution in [0.5, 0.6) is 0 Å². The number of likely N-dealkylation sites (tertiary alicyclic amines) is 1. The first-order valence-corrected chi connectivity index (χ1v) is 7.82. The van der Waals surface area contributed by atoms with Crippen LogP contribution in [0.2, 0.25) is 0 Å². The molecule has 2 aliphatic rings. The fraction of sp³-hybridized carbons (Fsp3) is 0.867. The van der Waals surface area contributed by atoms with E-state index in [2.05, 4.69) is 11.8 Å². The molecule has 0 radical (unpaired) electrons. The molecule has 20 heavy (non-hydrogen) atoms. The van der Waals surface area contributed by atoms with E-state index in [1.165, 1.54) is 0 Å². The van der Waals surface area contributed by atoms with Crippen LogP contribution in [0.25, 0.3) is 0 Å². The standard InChI is InChI=1S/C15H27N3O2/c1-13-3-7-18(8-4-13)15(20)5-6-16-9-11-17(12-10-16)14(2)19/h13H,3-12H2,1-2H3. The summed E-state index contributed by atoms with van der Waals surface area (Å²) in [6.45, 7) is 9.95. The molecule has 0 aromatic rings. The summed E-state index contributed by atoms with van der Waals surface area (Å²) in [4.78, 5) is 29.6. The molecule has 5 nitrogen and oxygen atoms in total. The topological polar surface area (TPSA) is 43.9 Å². The Bertz CT molecular complexity index is 343. The van der Waals surface area contributed by atoms with Gasteiger partial charge in [-0.2, -0.15) is 0 Å². The van der Waals surface area contributed by atoms with Crippen LogP contribution in [0.15, 0.2) is 0 Å². The SMILES string of the molecule is CC(=O)N1CCN(CCC(=O)N2CCC(C)CC2)CC1. The summed E-state index contributed by atoms with van der Waals surface area (Å²) in [5, 5.41) is 0. The maximum absolute atomic E-state index is 12.2. The summed E-state index contributed by atoms with van der Waals surface area (Å²) in [5.41, 5.74) is 0. The number of nitrogens with zero attached hydrogens (tertiary/aromatic N) is 3. The number of carbonyl (C=O) groups excluding carboxylic acids is 2. The first-order chi connectivity index (χ1) is 9.56. The average molecular weight is 281 g/mol. The maximum atomic E-state index is 12.2. The third-order valence-electron chi connectivity index (χ3n) is 4.60. The number of hydrogen-bond acceptors (Lipinski definition) is 3. The number of hydrogen-bond donors (Lipinski definition) is 0. The van der Waals surface area contributed by atoms with Gasteiger partial charge in [-0.05, 0) is 18.8 Å². The van der Waals surface area contributed by atoms with Gasteiger partial charge < -0.3 is 9.80 Å². The molecule has 0 saturated carbocycles. The summed E-state index contributed by atoms with van der Waals surface area (Å²) in [7, 11) is 0. The fourth-order valence-electron chi connectivity index (χ4n) is 2.96. The van der Waals surface area contributed by atoms with Crippen LogP contribution >= 0.6 is 0 Å². The number of carbonyl (C=O) groups is 2. The molecule has 0 unspecified atom stereocenters. The molecule has 2 heterocycles. The Morgan fingerprint density at radius 3 is 2.10 bits per heavy atom. The normalized spacial score (nSPS) is 22.1. The molecule has 2 saturated heterocycles. The van der Waals surface area contributed by atoms with Crippen LogP contribution in [0.1, 0.15) is 33.1 Å². The quantitative estimate of drug-likeness (QED) is 0.768. The highest BCUT2D eigenvalue weighted by Gasteiger charge is 2.22.